The van der Waals surface area contributed by atoms with Crippen LogP contribution in [0.1, 0.15) is 18.1 Å². The Morgan fingerprint density at radius 1 is 1.13 bits per heavy atom. The Bertz CT molecular complexity index is 1070. The maximum Gasteiger partial charge on any atom is 0.270 e. The fourth-order valence-electron chi connectivity index (χ4n) is 2.86. The number of carbonyl (C=O) groups is 2. The van der Waals surface area contributed by atoms with Crippen molar-refractivity contribution in [3.05, 3.63) is 59.2 Å². The van der Waals surface area contributed by atoms with Crippen molar-refractivity contribution >= 4 is 40.9 Å². The molecule has 0 aliphatic carbocycles. The van der Waals surface area contributed by atoms with Crippen LogP contribution < -0.4 is 19.7 Å². The summed E-state index contributed by atoms with van der Waals surface area (Å²) in [5, 5.41) is 11.3. The SMILES string of the molecule is CCOc1cc(/C=C2\C(=O)NC(=S)N(c3ccc(C)cc3)C2=O)ccc1OCC#N. The zero-order valence-electron chi connectivity index (χ0n) is 16.5. The Kier molecular flexibility index (Phi) is 6.45. The molecule has 2 amide bonds. The van der Waals surface area contributed by atoms with E-state index in [2.05, 4.69) is 5.32 Å². The van der Waals surface area contributed by atoms with E-state index in [1.807, 2.05) is 32.0 Å². The van der Waals surface area contributed by atoms with E-state index in [1.165, 1.54) is 11.0 Å². The Balaban J connectivity index is 1.96. The molecule has 0 unspecified atom stereocenters. The molecule has 0 radical (unpaired) electrons. The van der Waals surface area contributed by atoms with E-state index >= 15 is 0 Å². The van der Waals surface area contributed by atoms with Crippen LogP contribution >= 0.6 is 12.2 Å². The maximum absolute atomic E-state index is 13.1. The first kappa shape index (κ1) is 21.0. The fraction of sp³-hybridized carbons (Fsp3) is 0.182. The summed E-state index contributed by atoms with van der Waals surface area (Å²) in [4.78, 5) is 26.8. The standard InChI is InChI=1S/C22H19N3O4S/c1-3-28-19-13-15(6-9-18(19)29-11-10-23)12-17-20(26)24-22(30)25(21(17)27)16-7-4-14(2)5-8-16/h4-9,12-13H,3,11H2,1-2H3,(H,24,26,30)/b17-12+. The molecular formula is C22H19N3O4S. The van der Waals surface area contributed by atoms with Crippen LogP contribution in [0.15, 0.2) is 48.0 Å². The van der Waals surface area contributed by atoms with Crippen molar-refractivity contribution in [3.63, 3.8) is 0 Å². The van der Waals surface area contributed by atoms with Crippen molar-refractivity contribution in [1.29, 1.82) is 5.26 Å². The second kappa shape index (κ2) is 9.20. The third-order valence-electron chi connectivity index (χ3n) is 4.26. The van der Waals surface area contributed by atoms with Crippen LogP contribution in [0, 0.1) is 18.3 Å². The van der Waals surface area contributed by atoms with E-state index in [0.29, 0.717) is 29.4 Å². The fourth-order valence-corrected chi connectivity index (χ4v) is 3.15. The molecule has 1 fully saturated rings. The van der Waals surface area contributed by atoms with Gasteiger partial charge >= 0.3 is 0 Å². The predicted octanol–water partition coefficient (Wildman–Crippen LogP) is 3.13. The van der Waals surface area contributed by atoms with Gasteiger partial charge in [-0.3, -0.25) is 19.8 Å². The van der Waals surface area contributed by atoms with Gasteiger partial charge in [0.1, 0.15) is 11.6 Å². The van der Waals surface area contributed by atoms with Gasteiger partial charge in [-0.05, 0) is 62.0 Å². The first-order valence-corrected chi connectivity index (χ1v) is 9.60. The number of rotatable bonds is 6. The first-order valence-electron chi connectivity index (χ1n) is 9.19. The Morgan fingerprint density at radius 2 is 1.87 bits per heavy atom. The molecule has 1 N–H and O–H groups in total. The van der Waals surface area contributed by atoms with E-state index in [1.54, 1.807) is 30.3 Å². The number of nitrogens with zero attached hydrogens (tertiary/aromatic N) is 2. The summed E-state index contributed by atoms with van der Waals surface area (Å²) in [5.74, 6) is -0.273. The molecule has 2 aromatic rings. The van der Waals surface area contributed by atoms with Crippen molar-refractivity contribution in [2.24, 2.45) is 0 Å². The highest BCUT2D eigenvalue weighted by atomic mass is 32.1. The number of anilines is 1. The maximum atomic E-state index is 13.1. The quantitative estimate of drug-likeness (QED) is 0.438. The molecule has 152 valence electrons. The molecule has 1 saturated heterocycles. The van der Waals surface area contributed by atoms with Gasteiger partial charge in [0.2, 0.25) is 0 Å². The van der Waals surface area contributed by atoms with E-state index in [-0.39, 0.29) is 17.3 Å². The highest BCUT2D eigenvalue weighted by Gasteiger charge is 2.34. The molecule has 8 heteroatoms. The molecule has 0 aromatic heterocycles. The van der Waals surface area contributed by atoms with E-state index in [4.69, 9.17) is 27.0 Å². The summed E-state index contributed by atoms with van der Waals surface area (Å²) in [6, 6.07) is 14.1. The normalized spacial score (nSPS) is 15.0. The van der Waals surface area contributed by atoms with Crippen molar-refractivity contribution in [3.8, 4) is 17.6 Å². The van der Waals surface area contributed by atoms with Crippen molar-refractivity contribution in [2.45, 2.75) is 13.8 Å². The molecular weight excluding hydrogens is 402 g/mol. The van der Waals surface area contributed by atoms with Crippen molar-refractivity contribution < 1.29 is 19.1 Å². The number of hydrogen-bond acceptors (Lipinski definition) is 6. The summed E-state index contributed by atoms with van der Waals surface area (Å²) in [6.07, 6.45) is 1.47. The number of aryl methyl sites for hydroxylation is 1. The van der Waals surface area contributed by atoms with Crippen LogP contribution in [0.25, 0.3) is 6.08 Å². The average Bonchev–Trinajstić information content (AvgIpc) is 2.72. The molecule has 0 saturated carbocycles. The highest BCUT2D eigenvalue weighted by Crippen LogP contribution is 2.30. The zero-order chi connectivity index (χ0) is 21.7. The number of benzene rings is 2. The lowest BCUT2D eigenvalue weighted by atomic mass is 10.1. The summed E-state index contributed by atoms with van der Waals surface area (Å²) >= 11 is 5.21. The summed E-state index contributed by atoms with van der Waals surface area (Å²) in [5.41, 5.74) is 2.11. The Morgan fingerprint density at radius 3 is 2.53 bits per heavy atom. The van der Waals surface area contributed by atoms with E-state index in [0.717, 1.165) is 5.56 Å². The molecule has 3 rings (SSSR count). The smallest absolute Gasteiger partial charge is 0.270 e. The van der Waals surface area contributed by atoms with Crippen LogP contribution in [0.5, 0.6) is 11.5 Å². The zero-order valence-corrected chi connectivity index (χ0v) is 17.3. The minimum Gasteiger partial charge on any atom is -0.490 e. The summed E-state index contributed by atoms with van der Waals surface area (Å²) < 4.78 is 10.9. The lowest BCUT2D eigenvalue weighted by Crippen LogP contribution is -2.54. The molecule has 0 bridgehead atoms. The minimum atomic E-state index is -0.573. The van der Waals surface area contributed by atoms with Gasteiger partial charge in [-0.1, -0.05) is 23.8 Å². The number of nitrogens with one attached hydrogen (secondary N) is 1. The van der Waals surface area contributed by atoms with Crippen molar-refractivity contribution in [1.82, 2.24) is 5.32 Å². The minimum absolute atomic E-state index is 0.0289. The van der Waals surface area contributed by atoms with Gasteiger partial charge in [0.25, 0.3) is 11.8 Å². The van der Waals surface area contributed by atoms with Crippen molar-refractivity contribution in [2.75, 3.05) is 18.1 Å². The van der Waals surface area contributed by atoms with Crippen LogP contribution in [-0.4, -0.2) is 30.1 Å². The van der Waals surface area contributed by atoms with Gasteiger partial charge in [-0.25, -0.2) is 0 Å². The number of hydrogen-bond donors (Lipinski definition) is 1. The molecule has 30 heavy (non-hydrogen) atoms. The van der Waals surface area contributed by atoms with Crippen LogP contribution in [-0.2, 0) is 9.59 Å². The molecule has 0 spiro atoms. The van der Waals surface area contributed by atoms with E-state index < -0.39 is 11.8 Å². The topological polar surface area (TPSA) is 91.7 Å². The second-order valence-corrected chi connectivity index (χ2v) is 6.77. The molecule has 1 aliphatic heterocycles. The number of nitriles is 1. The average molecular weight is 421 g/mol. The highest BCUT2D eigenvalue weighted by molar-refractivity contribution is 7.80. The molecule has 7 nitrogen and oxygen atoms in total. The van der Waals surface area contributed by atoms with Crippen LogP contribution in [0.3, 0.4) is 0 Å². The number of amides is 2. The van der Waals surface area contributed by atoms with E-state index in [9.17, 15) is 9.59 Å². The second-order valence-electron chi connectivity index (χ2n) is 6.38. The predicted molar refractivity (Wildman–Crippen MR) is 116 cm³/mol. The third-order valence-corrected chi connectivity index (χ3v) is 4.55. The molecule has 1 aliphatic rings. The third kappa shape index (κ3) is 4.47. The summed E-state index contributed by atoms with van der Waals surface area (Å²) in [7, 11) is 0. The lowest BCUT2D eigenvalue weighted by molar-refractivity contribution is -0.122. The van der Waals surface area contributed by atoms with Gasteiger partial charge in [0.05, 0.1) is 12.3 Å². The Labute approximate surface area is 179 Å². The summed E-state index contributed by atoms with van der Waals surface area (Å²) in [6.45, 7) is 4.02. The largest absolute Gasteiger partial charge is 0.490 e. The van der Waals surface area contributed by atoms with Gasteiger partial charge in [-0.15, -0.1) is 0 Å². The van der Waals surface area contributed by atoms with Gasteiger partial charge < -0.3 is 9.47 Å². The first-order chi connectivity index (χ1) is 14.4. The van der Waals surface area contributed by atoms with Gasteiger partial charge in [-0.2, -0.15) is 5.26 Å². The lowest BCUT2D eigenvalue weighted by Gasteiger charge is -2.29. The molecule has 1 heterocycles. The monoisotopic (exact) mass is 421 g/mol. The van der Waals surface area contributed by atoms with Crippen LogP contribution in [0.2, 0.25) is 0 Å². The number of thiocarbonyl (C=S) groups is 1. The van der Waals surface area contributed by atoms with Gasteiger partial charge in [0, 0.05) is 0 Å². The number of carbonyl (C=O) groups excluding carboxylic acids is 2. The van der Waals surface area contributed by atoms with Gasteiger partial charge in [0.15, 0.2) is 23.2 Å². The van der Waals surface area contributed by atoms with Crippen LogP contribution in [0.4, 0.5) is 5.69 Å². The molecule has 0 atom stereocenters. The number of ether oxygens (including phenoxy) is 2. The Hall–Kier alpha value is -3.70. The molecule has 2 aromatic carbocycles.